The summed E-state index contributed by atoms with van der Waals surface area (Å²) < 4.78 is 10.4. The van der Waals surface area contributed by atoms with Crippen molar-refractivity contribution in [3.8, 4) is 11.5 Å². The van der Waals surface area contributed by atoms with Crippen LogP contribution < -0.4 is 9.47 Å². The zero-order valence-corrected chi connectivity index (χ0v) is 15.5. The van der Waals surface area contributed by atoms with Gasteiger partial charge in [0.15, 0.2) is 0 Å². The van der Waals surface area contributed by atoms with Gasteiger partial charge in [0.2, 0.25) is 0 Å². The van der Waals surface area contributed by atoms with Gasteiger partial charge in [-0.3, -0.25) is 9.98 Å². The Bertz CT molecular complexity index is 672. The van der Waals surface area contributed by atoms with E-state index in [-0.39, 0.29) is 0 Å². The molecule has 0 saturated heterocycles. The number of hydrogen-bond donors (Lipinski definition) is 0. The van der Waals surface area contributed by atoms with Crippen molar-refractivity contribution in [2.75, 3.05) is 14.2 Å². The normalized spacial score (nSPS) is 20.5. The molecule has 0 aliphatic heterocycles. The molecule has 0 amide bonds. The van der Waals surface area contributed by atoms with Crippen LogP contribution in [-0.2, 0) is 0 Å². The van der Waals surface area contributed by atoms with Crippen LogP contribution in [0.5, 0.6) is 11.5 Å². The number of benzene rings is 2. The summed E-state index contributed by atoms with van der Waals surface area (Å²) in [6.07, 6.45) is 8.41. The van der Waals surface area contributed by atoms with Crippen LogP contribution in [0.4, 0.5) is 0 Å². The summed E-state index contributed by atoms with van der Waals surface area (Å²) in [6.45, 7) is 0. The summed E-state index contributed by atoms with van der Waals surface area (Å²) in [6, 6.07) is 16.7. The molecule has 1 fully saturated rings. The molecule has 2 aromatic carbocycles. The maximum atomic E-state index is 5.19. The van der Waals surface area contributed by atoms with E-state index in [1.807, 2.05) is 61.0 Å². The van der Waals surface area contributed by atoms with Crippen LogP contribution in [0, 0.1) is 0 Å². The molecule has 4 nitrogen and oxygen atoms in total. The van der Waals surface area contributed by atoms with E-state index in [2.05, 4.69) is 0 Å². The topological polar surface area (TPSA) is 43.2 Å². The Labute approximate surface area is 155 Å². The highest BCUT2D eigenvalue weighted by molar-refractivity contribution is 5.80. The molecule has 1 aliphatic rings. The highest BCUT2D eigenvalue weighted by atomic mass is 16.5. The van der Waals surface area contributed by atoms with E-state index in [4.69, 9.17) is 19.5 Å². The molecule has 0 unspecified atom stereocenters. The van der Waals surface area contributed by atoms with Gasteiger partial charge >= 0.3 is 0 Å². The SMILES string of the molecule is COc1ccc(C=N[C@@H]2CCC[C@H](N=Cc3ccc(OC)cc3)C2)cc1. The van der Waals surface area contributed by atoms with Gasteiger partial charge in [-0.1, -0.05) is 0 Å². The number of aliphatic imine (C=N–C) groups is 2. The van der Waals surface area contributed by atoms with Crippen molar-refractivity contribution in [2.45, 2.75) is 37.8 Å². The second-order valence-electron chi connectivity index (χ2n) is 6.58. The molecular formula is C22H26N2O2. The van der Waals surface area contributed by atoms with Gasteiger partial charge in [-0.2, -0.15) is 0 Å². The summed E-state index contributed by atoms with van der Waals surface area (Å²) in [5.41, 5.74) is 2.21. The van der Waals surface area contributed by atoms with Crippen molar-refractivity contribution in [3.63, 3.8) is 0 Å². The van der Waals surface area contributed by atoms with E-state index in [9.17, 15) is 0 Å². The van der Waals surface area contributed by atoms with E-state index >= 15 is 0 Å². The Balaban J connectivity index is 1.55. The van der Waals surface area contributed by atoms with Crippen molar-refractivity contribution >= 4 is 12.4 Å². The molecule has 4 heteroatoms. The number of rotatable bonds is 6. The third-order valence-electron chi connectivity index (χ3n) is 4.72. The molecular weight excluding hydrogens is 324 g/mol. The first-order valence-corrected chi connectivity index (χ1v) is 9.11. The Morgan fingerprint density at radius 2 is 1.15 bits per heavy atom. The molecule has 0 spiro atoms. The molecule has 136 valence electrons. The van der Waals surface area contributed by atoms with E-state index < -0.39 is 0 Å². The summed E-state index contributed by atoms with van der Waals surface area (Å²) >= 11 is 0. The monoisotopic (exact) mass is 350 g/mol. The van der Waals surface area contributed by atoms with Crippen LogP contribution in [-0.4, -0.2) is 38.7 Å². The van der Waals surface area contributed by atoms with Gasteiger partial charge in [-0.05, 0) is 85.3 Å². The summed E-state index contributed by atoms with van der Waals surface area (Å²) in [7, 11) is 3.36. The molecule has 2 aromatic rings. The zero-order valence-electron chi connectivity index (χ0n) is 15.5. The van der Waals surface area contributed by atoms with Gasteiger partial charge in [-0.15, -0.1) is 0 Å². The van der Waals surface area contributed by atoms with Gasteiger partial charge in [-0.25, -0.2) is 0 Å². The predicted molar refractivity (Wildman–Crippen MR) is 107 cm³/mol. The van der Waals surface area contributed by atoms with Gasteiger partial charge in [0.25, 0.3) is 0 Å². The van der Waals surface area contributed by atoms with Crippen LogP contribution in [0.2, 0.25) is 0 Å². The van der Waals surface area contributed by atoms with Crippen molar-refractivity contribution in [2.24, 2.45) is 9.98 Å². The fourth-order valence-corrected chi connectivity index (χ4v) is 3.17. The Morgan fingerprint density at radius 1 is 0.731 bits per heavy atom. The Morgan fingerprint density at radius 3 is 1.54 bits per heavy atom. The molecule has 1 aliphatic carbocycles. The fourth-order valence-electron chi connectivity index (χ4n) is 3.17. The van der Waals surface area contributed by atoms with Crippen LogP contribution in [0.25, 0.3) is 0 Å². The lowest BCUT2D eigenvalue weighted by Gasteiger charge is -2.23. The van der Waals surface area contributed by atoms with Gasteiger partial charge < -0.3 is 9.47 Å². The Kier molecular flexibility index (Phi) is 6.42. The summed E-state index contributed by atoms with van der Waals surface area (Å²) in [5, 5.41) is 0. The standard InChI is InChI=1S/C22H26N2O2/c1-25-21-10-6-17(7-11-21)15-23-19-4-3-5-20(14-19)24-16-18-8-12-22(26-2)13-9-18/h6-13,15-16,19-20H,3-5,14H2,1-2H3/t19-,20+. The van der Waals surface area contributed by atoms with Gasteiger partial charge in [0.1, 0.15) is 11.5 Å². The number of ether oxygens (including phenoxy) is 2. The average Bonchev–Trinajstić information content (AvgIpc) is 2.72. The average molecular weight is 350 g/mol. The van der Waals surface area contributed by atoms with E-state index in [0.717, 1.165) is 41.9 Å². The van der Waals surface area contributed by atoms with Crippen LogP contribution in [0.1, 0.15) is 36.8 Å². The first-order chi connectivity index (χ1) is 12.8. The summed E-state index contributed by atoms with van der Waals surface area (Å²) in [5.74, 6) is 1.74. The van der Waals surface area contributed by atoms with Crippen molar-refractivity contribution in [1.82, 2.24) is 0 Å². The van der Waals surface area contributed by atoms with Gasteiger partial charge in [0, 0.05) is 12.4 Å². The predicted octanol–water partition coefficient (Wildman–Crippen LogP) is 4.55. The maximum Gasteiger partial charge on any atom is 0.118 e. The third-order valence-corrected chi connectivity index (χ3v) is 4.72. The van der Waals surface area contributed by atoms with Crippen LogP contribution in [0.15, 0.2) is 58.5 Å². The molecule has 26 heavy (non-hydrogen) atoms. The zero-order chi connectivity index (χ0) is 18.2. The first kappa shape index (κ1) is 18.2. The molecule has 0 heterocycles. The Hall–Kier alpha value is -2.62. The van der Waals surface area contributed by atoms with E-state index in [1.54, 1.807) is 14.2 Å². The minimum absolute atomic E-state index is 0.351. The minimum Gasteiger partial charge on any atom is -0.497 e. The number of hydrogen-bond acceptors (Lipinski definition) is 4. The third kappa shape index (κ3) is 5.19. The molecule has 0 radical (unpaired) electrons. The number of nitrogens with zero attached hydrogens (tertiary/aromatic N) is 2. The fraction of sp³-hybridized carbons (Fsp3) is 0.364. The molecule has 2 atom stereocenters. The van der Waals surface area contributed by atoms with Crippen LogP contribution >= 0.6 is 0 Å². The highest BCUT2D eigenvalue weighted by Crippen LogP contribution is 2.24. The maximum absolute atomic E-state index is 5.19. The molecule has 0 N–H and O–H groups in total. The van der Waals surface area contributed by atoms with Crippen molar-refractivity contribution < 1.29 is 9.47 Å². The van der Waals surface area contributed by atoms with E-state index in [1.165, 1.54) is 6.42 Å². The van der Waals surface area contributed by atoms with Crippen molar-refractivity contribution in [3.05, 3.63) is 59.7 Å². The van der Waals surface area contributed by atoms with Gasteiger partial charge in [0.05, 0.1) is 26.3 Å². The molecule has 0 bridgehead atoms. The lowest BCUT2D eigenvalue weighted by Crippen LogP contribution is -2.21. The second-order valence-corrected chi connectivity index (χ2v) is 6.58. The quantitative estimate of drug-likeness (QED) is 0.717. The lowest BCUT2D eigenvalue weighted by atomic mass is 9.91. The largest absolute Gasteiger partial charge is 0.497 e. The van der Waals surface area contributed by atoms with E-state index in [0.29, 0.717) is 12.1 Å². The highest BCUT2D eigenvalue weighted by Gasteiger charge is 2.20. The molecule has 1 saturated carbocycles. The molecule has 3 rings (SSSR count). The smallest absolute Gasteiger partial charge is 0.118 e. The van der Waals surface area contributed by atoms with Crippen LogP contribution in [0.3, 0.4) is 0 Å². The molecule has 0 aromatic heterocycles. The first-order valence-electron chi connectivity index (χ1n) is 9.11. The lowest BCUT2D eigenvalue weighted by molar-refractivity contribution is 0.397. The second kappa shape index (κ2) is 9.18. The summed E-state index contributed by atoms with van der Waals surface area (Å²) in [4.78, 5) is 9.56. The van der Waals surface area contributed by atoms with Crippen molar-refractivity contribution in [1.29, 1.82) is 0 Å². The number of methoxy groups -OCH3 is 2. The minimum atomic E-state index is 0.351.